The number of anilines is 1. The summed E-state index contributed by atoms with van der Waals surface area (Å²) < 4.78 is 5.28. The first-order valence-electron chi connectivity index (χ1n) is 6.12. The van der Waals surface area contributed by atoms with E-state index in [2.05, 4.69) is 4.98 Å². The van der Waals surface area contributed by atoms with Crippen molar-refractivity contribution in [2.24, 2.45) is 0 Å². The SMILES string of the molecule is O=[N+]([O-])c1c(N2CCOCC2)cnc2ccccc12. The number of nitro groups is 1. The number of morpholine rings is 1. The average Bonchev–Trinajstić information content (AvgIpc) is 2.46. The number of hydrogen-bond donors (Lipinski definition) is 0. The molecule has 0 saturated carbocycles. The van der Waals surface area contributed by atoms with E-state index in [1.165, 1.54) is 0 Å². The van der Waals surface area contributed by atoms with Gasteiger partial charge in [0.15, 0.2) is 0 Å². The van der Waals surface area contributed by atoms with E-state index in [4.69, 9.17) is 4.74 Å². The third kappa shape index (κ3) is 2.10. The Morgan fingerprint density at radius 2 is 2.00 bits per heavy atom. The second-order valence-electron chi connectivity index (χ2n) is 4.37. The van der Waals surface area contributed by atoms with Gasteiger partial charge >= 0.3 is 5.69 Å². The molecule has 6 heteroatoms. The molecule has 98 valence electrons. The molecular weight excluding hydrogens is 246 g/mol. The molecule has 0 atom stereocenters. The Morgan fingerprint density at radius 3 is 2.74 bits per heavy atom. The molecule has 1 aliphatic rings. The third-order valence-electron chi connectivity index (χ3n) is 3.26. The molecule has 1 aliphatic heterocycles. The molecule has 2 heterocycles. The van der Waals surface area contributed by atoms with E-state index in [0.29, 0.717) is 42.9 Å². The molecule has 0 amide bonds. The molecule has 6 nitrogen and oxygen atoms in total. The number of ether oxygens (including phenoxy) is 1. The number of rotatable bonds is 2. The molecule has 0 aliphatic carbocycles. The predicted molar refractivity (Wildman–Crippen MR) is 71.4 cm³/mol. The van der Waals surface area contributed by atoms with Crippen LogP contribution in [0.15, 0.2) is 30.5 Å². The van der Waals surface area contributed by atoms with Crippen LogP contribution in [0.5, 0.6) is 0 Å². The summed E-state index contributed by atoms with van der Waals surface area (Å²) >= 11 is 0. The molecular formula is C13H13N3O3. The van der Waals surface area contributed by atoms with Gasteiger partial charge in [0.2, 0.25) is 0 Å². The topological polar surface area (TPSA) is 68.5 Å². The van der Waals surface area contributed by atoms with E-state index in [1.54, 1.807) is 24.4 Å². The molecule has 0 bridgehead atoms. The van der Waals surface area contributed by atoms with Crippen LogP contribution >= 0.6 is 0 Å². The van der Waals surface area contributed by atoms with E-state index >= 15 is 0 Å². The normalized spacial score (nSPS) is 15.7. The molecule has 0 spiro atoms. The van der Waals surface area contributed by atoms with Crippen molar-refractivity contribution in [1.29, 1.82) is 0 Å². The Kier molecular flexibility index (Phi) is 3.00. The lowest BCUT2D eigenvalue weighted by Gasteiger charge is -2.28. The summed E-state index contributed by atoms with van der Waals surface area (Å²) in [5.74, 6) is 0. The Hall–Kier alpha value is -2.21. The number of hydrogen-bond acceptors (Lipinski definition) is 5. The summed E-state index contributed by atoms with van der Waals surface area (Å²) in [6.45, 7) is 2.48. The summed E-state index contributed by atoms with van der Waals surface area (Å²) in [6.07, 6.45) is 1.59. The zero-order valence-electron chi connectivity index (χ0n) is 10.3. The lowest BCUT2D eigenvalue weighted by molar-refractivity contribution is -0.382. The van der Waals surface area contributed by atoms with Gasteiger partial charge in [-0.1, -0.05) is 12.1 Å². The first kappa shape index (κ1) is 11.9. The summed E-state index contributed by atoms with van der Waals surface area (Å²) in [6, 6.07) is 7.14. The predicted octanol–water partition coefficient (Wildman–Crippen LogP) is 1.98. The van der Waals surface area contributed by atoms with E-state index in [1.807, 2.05) is 11.0 Å². The van der Waals surface area contributed by atoms with Crippen molar-refractivity contribution in [3.8, 4) is 0 Å². The fourth-order valence-corrected chi connectivity index (χ4v) is 2.34. The van der Waals surface area contributed by atoms with Crippen molar-refractivity contribution < 1.29 is 9.66 Å². The highest BCUT2D eigenvalue weighted by Gasteiger charge is 2.24. The van der Waals surface area contributed by atoms with Crippen LogP contribution in [0.1, 0.15) is 0 Å². The zero-order valence-corrected chi connectivity index (χ0v) is 10.3. The maximum absolute atomic E-state index is 11.4. The highest BCUT2D eigenvalue weighted by molar-refractivity contribution is 5.93. The lowest BCUT2D eigenvalue weighted by atomic mass is 10.1. The minimum atomic E-state index is -0.325. The Balaban J connectivity index is 2.18. The maximum Gasteiger partial charge on any atom is 0.303 e. The van der Waals surface area contributed by atoms with Gasteiger partial charge in [-0.25, -0.2) is 0 Å². The van der Waals surface area contributed by atoms with Crippen LogP contribution in [-0.4, -0.2) is 36.2 Å². The first-order valence-corrected chi connectivity index (χ1v) is 6.12. The first-order chi connectivity index (χ1) is 9.27. The molecule has 0 N–H and O–H groups in total. The van der Waals surface area contributed by atoms with E-state index in [-0.39, 0.29) is 10.6 Å². The average molecular weight is 259 g/mol. The minimum Gasteiger partial charge on any atom is -0.378 e. The van der Waals surface area contributed by atoms with Gasteiger partial charge < -0.3 is 9.64 Å². The summed E-state index contributed by atoms with van der Waals surface area (Å²) in [7, 11) is 0. The van der Waals surface area contributed by atoms with Crippen molar-refractivity contribution in [3.63, 3.8) is 0 Å². The molecule has 2 aromatic rings. The standard InChI is InChI=1S/C13H13N3O3/c17-16(18)13-10-3-1-2-4-11(10)14-9-12(13)15-5-7-19-8-6-15/h1-4,9H,5-8H2. The number of nitrogens with zero attached hydrogens (tertiary/aromatic N) is 3. The number of pyridine rings is 1. The summed E-state index contributed by atoms with van der Waals surface area (Å²) in [5.41, 5.74) is 1.35. The van der Waals surface area contributed by atoms with Crippen molar-refractivity contribution in [2.45, 2.75) is 0 Å². The quantitative estimate of drug-likeness (QED) is 0.609. The lowest BCUT2D eigenvalue weighted by Crippen LogP contribution is -2.36. The number of fused-ring (bicyclic) bond motifs is 1. The van der Waals surface area contributed by atoms with Gasteiger partial charge in [-0.15, -0.1) is 0 Å². The van der Waals surface area contributed by atoms with Gasteiger partial charge in [-0.3, -0.25) is 15.1 Å². The maximum atomic E-state index is 11.4. The van der Waals surface area contributed by atoms with Gasteiger partial charge in [0.1, 0.15) is 5.69 Å². The molecule has 3 rings (SSSR count). The zero-order chi connectivity index (χ0) is 13.2. The number of benzene rings is 1. The second kappa shape index (κ2) is 4.81. The molecule has 19 heavy (non-hydrogen) atoms. The third-order valence-corrected chi connectivity index (χ3v) is 3.26. The molecule has 1 saturated heterocycles. The summed E-state index contributed by atoms with van der Waals surface area (Å²) in [4.78, 5) is 17.3. The number of para-hydroxylation sites is 1. The van der Waals surface area contributed by atoms with Crippen molar-refractivity contribution in [1.82, 2.24) is 4.98 Å². The Morgan fingerprint density at radius 1 is 1.26 bits per heavy atom. The molecule has 1 aromatic carbocycles. The van der Waals surface area contributed by atoms with E-state index in [0.717, 1.165) is 0 Å². The molecule has 1 aromatic heterocycles. The van der Waals surface area contributed by atoms with Crippen molar-refractivity contribution >= 4 is 22.3 Å². The van der Waals surface area contributed by atoms with Gasteiger partial charge in [-0.05, 0) is 12.1 Å². The highest BCUT2D eigenvalue weighted by Crippen LogP contribution is 2.34. The van der Waals surface area contributed by atoms with Gasteiger partial charge in [0.25, 0.3) is 0 Å². The minimum absolute atomic E-state index is 0.132. The van der Waals surface area contributed by atoms with Crippen LogP contribution in [0.2, 0.25) is 0 Å². The van der Waals surface area contributed by atoms with Gasteiger partial charge in [0.05, 0.1) is 35.2 Å². The smallest absolute Gasteiger partial charge is 0.303 e. The Bertz CT molecular complexity index is 624. The van der Waals surface area contributed by atoms with Crippen molar-refractivity contribution in [3.05, 3.63) is 40.6 Å². The van der Waals surface area contributed by atoms with Crippen LogP contribution in [0, 0.1) is 10.1 Å². The van der Waals surface area contributed by atoms with E-state index < -0.39 is 0 Å². The monoisotopic (exact) mass is 259 g/mol. The Labute approximate surface area is 109 Å². The van der Waals surface area contributed by atoms with Gasteiger partial charge in [0, 0.05) is 13.1 Å². The van der Waals surface area contributed by atoms with Crippen LogP contribution in [-0.2, 0) is 4.74 Å². The fraction of sp³-hybridized carbons (Fsp3) is 0.308. The fourth-order valence-electron chi connectivity index (χ4n) is 2.34. The van der Waals surface area contributed by atoms with E-state index in [9.17, 15) is 10.1 Å². The highest BCUT2D eigenvalue weighted by atomic mass is 16.6. The van der Waals surface area contributed by atoms with Crippen LogP contribution < -0.4 is 4.90 Å². The molecule has 1 fully saturated rings. The van der Waals surface area contributed by atoms with Gasteiger partial charge in [-0.2, -0.15) is 0 Å². The number of aromatic nitrogens is 1. The summed E-state index contributed by atoms with van der Waals surface area (Å²) in [5, 5.41) is 12.0. The van der Waals surface area contributed by atoms with Crippen LogP contribution in [0.4, 0.5) is 11.4 Å². The second-order valence-corrected chi connectivity index (χ2v) is 4.37. The largest absolute Gasteiger partial charge is 0.378 e. The molecule has 0 unspecified atom stereocenters. The molecule has 0 radical (unpaired) electrons. The van der Waals surface area contributed by atoms with Crippen LogP contribution in [0.3, 0.4) is 0 Å². The van der Waals surface area contributed by atoms with Crippen LogP contribution in [0.25, 0.3) is 10.9 Å². The van der Waals surface area contributed by atoms with Crippen molar-refractivity contribution in [2.75, 3.05) is 31.2 Å².